The van der Waals surface area contributed by atoms with Crippen LogP contribution in [0.3, 0.4) is 0 Å². The van der Waals surface area contributed by atoms with E-state index >= 15 is 0 Å². The summed E-state index contributed by atoms with van der Waals surface area (Å²) in [5, 5.41) is 3.26. The van der Waals surface area contributed by atoms with E-state index in [0.29, 0.717) is 12.3 Å². The number of nitrogens with one attached hydrogen (secondary N) is 1. The molecule has 0 radical (unpaired) electrons. The van der Waals surface area contributed by atoms with Crippen LogP contribution in [0.15, 0.2) is 22.7 Å². The fourth-order valence-corrected chi connectivity index (χ4v) is 1.81. The molecule has 0 saturated carbocycles. The van der Waals surface area contributed by atoms with E-state index in [9.17, 15) is 4.39 Å². The summed E-state index contributed by atoms with van der Waals surface area (Å²) in [6.45, 7) is 4.29. The minimum absolute atomic E-state index is 0.0226. The highest BCUT2D eigenvalue weighted by Gasteiger charge is 2.07. The summed E-state index contributed by atoms with van der Waals surface area (Å²) >= 11 is 3.33. The summed E-state index contributed by atoms with van der Waals surface area (Å²) in [5.41, 5.74) is 0. The number of halogens is 2. The maximum absolute atomic E-state index is 13.1. The monoisotopic (exact) mass is 319 g/mol. The minimum atomic E-state index is -0.298. The van der Waals surface area contributed by atoms with E-state index in [-0.39, 0.29) is 11.9 Å². The number of ether oxygens (including phenoxy) is 2. The maximum atomic E-state index is 13.1. The third kappa shape index (κ3) is 5.80. The zero-order chi connectivity index (χ0) is 13.4. The van der Waals surface area contributed by atoms with Gasteiger partial charge in [0.1, 0.15) is 17.7 Å². The van der Waals surface area contributed by atoms with Crippen molar-refractivity contribution in [3.05, 3.63) is 28.5 Å². The topological polar surface area (TPSA) is 30.5 Å². The average Bonchev–Trinajstić information content (AvgIpc) is 2.33. The van der Waals surface area contributed by atoms with Crippen LogP contribution in [0.4, 0.5) is 4.39 Å². The molecule has 0 amide bonds. The van der Waals surface area contributed by atoms with Crippen LogP contribution in [0.2, 0.25) is 0 Å². The van der Waals surface area contributed by atoms with Crippen LogP contribution in [0.25, 0.3) is 0 Å². The van der Waals surface area contributed by atoms with Gasteiger partial charge in [0.2, 0.25) is 0 Å². The lowest BCUT2D eigenvalue weighted by atomic mass is 10.3. The Hall–Kier alpha value is -0.650. The second kappa shape index (κ2) is 8.45. The van der Waals surface area contributed by atoms with Gasteiger partial charge in [0, 0.05) is 26.3 Å². The molecule has 0 heterocycles. The minimum Gasteiger partial charge on any atom is -0.488 e. The van der Waals surface area contributed by atoms with Gasteiger partial charge in [0.25, 0.3) is 0 Å². The highest BCUT2D eigenvalue weighted by Crippen LogP contribution is 2.26. The first-order valence-electron chi connectivity index (χ1n) is 5.95. The molecule has 0 saturated heterocycles. The molecule has 1 atom stereocenters. The summed E-state index contributed by atoms with van der Waals surface area (Å²) in [6.07, 6.45) is 0.943. The van der Waals surface area contributed by atoms with Gasteiger partial charge in [-0.25, -0.2) is 4.39 Å². The molecule has 1 aromatic rings. The van der Waals surface area contributed by atoms with Crippen LogP contribution < -0.4 is 10.1 Å². The van der Waals surface area contributed by atoms with E-state index < -0.39 is 0 Å². The molecule has 5 heteroatoms. The Kier molecular flexibility index (Phi) is 7.23. The molecule has 18 heavy (non-hydrogen) atoms. The first-order valence-corrected chi connectivity index (χ1v) is 6.74. The second-order valence-electron chi connectivity index (χ2n) is 4.05. The molecule has 0 fully saturated rings. The molecule has 0 spiro atoms. The molecule has 1 unspecified atom stereocenters. The van der Waals surface area contributed by atoms with E-state index in [1.165, 1.54) is 12.1 Å². The quantitative estimate of drug-likeness (QED) is 0.747. The number of methoxy groups -OCH3 is 1. The fraction of sp³-hybridized carbons (Fsp3) is 0.538. The summed E-state index contributed by atoms with van der Waals surface area (Å²) in [4.78, 5) is 0. The van der Waals surface area contributed by atoms with Gasteiger partial charge < -0.3 is 14.8 Å². The lowest BCUT2D eigenvalue weighted by Crippen LogP contribution is -2.30. The number of hydrogen-bond acceptors (Lipinski definition) is 3. The molecule has 1 N–H and O–H groups in total. The fourth-order valence-electron chi connectivity index (χ4n) is 1.47. The first kappa shape index (κ1) is 15.4. The first-order chi connectivity index (χ1) is 8.63. The molecule has 0 aliphatic heterocycles. The van der Waals surface area contributed by atoms with Crippen molar-refractivity contribution >= 4 is 15.9 Å². The Balaban J connectivity index is 2.30. The van der Waals surface area contributed by atoms with Crippen LogP contribution >= 0.6 is 15.9 Å². The predicted molar refractivity (Wildman–Crippen MR) is 73.6 cm³/mol. The van der Waals surface area contributed by atoms with E-state index in [0.717, 1.165) is 24.0 Å². The second-order valence-corrected chi connectivity index (χ2v) is 4.91. The molecule has 0 bridgehead atoms. The molecule has 0 aliphatic rings. The Morgan fingerprint density at radius 1 is 1.44 bits per heavy atom. The van der Waals surface area contributed by atoms with Crippen molar-refractivity contribution in [1.29, 1.82) is 0 Å². The maximum Gasteiger partial charge on any atom is 0.136 e. The summed E-state index contributed by atoms with van der Waals surface area (Å²) in [5.74, 6) is 0.231. The SMILES string of the molecule is COCCCNCC(C)Oc1cc(F)ccc1Br. The van der Waals surface area contributed by atoms with E-state index in [4.69, 9.17) is 9.47 Å². The van der Waals surface area contributed by atoms with Gasteiger partial charge in [-0.15, -0.1) is 0 Å². The summed E-state index contributed by atoms with van der Waals surface area (Å²) < 4.78 is 24.4. The molecule has 1 aromatic carbocycles. The van der Waals surface area contributed by atoms with Crippen molar-refractivity contribution in [2.45, 2.75) is 19.4 Å². The van der Waals surface area contributed by atoms with Gasteiger partial charge >= 0.3 is 0 Å². The van der Waals surface area contributed by atoms with Gasteiger partial charge in [-0.1, -0.05) is 0 Å². The Bertz CT molecular complexity index is 363. The normalized spacial score (nSPS) is 12.4. The van der Waals surface area contributed by atoms with Crippen molar-refractivity contribution < 1.29 is 13.9 Å². The van der Waals surface area contributed by atoms with Gasteiger partial charge in [-0.2, -0.15) is 0 Å². The number of rotatable bonds is 8. The number of hydrogen-bond donors (Lipinski definition) is 1. The zero-order valence-electron chi connectivity index (χ0n) is 10.7. The van der Waals surface area contributed by atoms with Crippen LogP contribution in [-0.4, -0.2) is 32.9 Å². The lowest BCUT2D eigenvalue weighted by molar-refractivity contribution is 0.188. The van der Waals surface area contributed by atoms with Crippen molar-refractivity contribution in [2.75, 3.05) is 26.8 Å². The van der Waals surface area contributed by atoms with Crippen LogP contribution in [0, 0.1) is 5.82 Å². The van der Waals surface area contributed by atoms with E-state index in [1.807, 2.05) is 6.92 Å². The van der Waals surface area contributed by atoms with Gasteiger partial charge in [-0.3, -0.25) is 0 Å². The van der Waals surface area contributed by atoms with Gasteiger partial charge in [-0.05, 0) is 48.0 Å². The Morgan fingerprint density at radius 3 is 2.94 bits per heavy atom. The highest BCUT2D eigenvalue weighted by atomic mass is 79.9. The van der Waals surface area contributed by atoms with E-state index in [1.54, 1.807) is 13.2 Å². The lowest BCUT2D eigenvalue weighted by Gasteiger charge is -2.16. The van der Waals surface area contributed by atoms with Crippen LogP contribution in [-0.2, 0) is 4.74 Å². The predicted octanol–water partition coefficient (Wildman–Crippen LogP) is 2.98. The highest BCUT2D eigenvalue weighted by molar-refractivity contribution is 9.10. The van der Waals surface area contributed by atoms with E-state index in [2.05, 4.69) is 21.2 Å². The third-order valence-corrected chi connectivity index (χ3v) is 3.01. The average molecular weight is 320 g/mol. The Labute approximate surface area is 116 Å². The van der Waals surface area contributed by atoms with Crippen molar-refractivity contribution in [3.8, 4) is 5.75 Å². The smallest absolute Gasteiger partial charge is 0.136 e. The van der Waals surface area contributed by atoms with Crippen LogP contribution in [0.5, 0.6) is 5.75 Å². The van der Waals surface area contributed by atoms with Gasteiger partial charge in [0.05, 0.1) is 4.47 Å². The molecular weight excluding hydrogens is 301 g/mol. The summed E-state index contributed by atoms with van der Waals surface area (Å²) in [7, 11) is 1.69. The molecule has 0 aromatic heterocycles. The molecule has 102 valence electrons. The zero-order valence-corrected chi connectivity index (χ0v) is 12.3. The molecule has 3 nitrogen and oxygen atoms in total. The molecule has 1 rings (SSSR count). The largest absolute Gasteiger partial charge is 0.488 e. The van der Waals surface area contributed by atoms with Crippen molar-refractivity contribution in [1.82, 2.24) is 5.32 Å². The van der Waals surface area contributed by atoms with Crippen LogP contribution in [0.1, 0.15) is 13.3 Å². The van der Waals surface area contributed by atoms with Crippen molar-refractivity contribution in [3.63, 3.8) is 0 Å². The summed E-state index contributed by atoms with van der Waals surface area (Å²) in [6, 6.07) is 4.42. The van der Waals surface area contributed by atoms with Gasteiger partial charge in [0.15, 0.2) is 0 Å². The third-order valence-electron chi connectivity index (χ3n) is 2.36. The Morgan fingerprint density at radius 2 is 2.22 bits per heavy atom. The molecule has 0 aliphatic carbocycles. The van der Waals surface area contributed by atoms with Crippen molar-refractivity contribution in [2.24, 2.45) is 0 Å². The number of benzene rings is 1. The molecular formula is C13H19BrFNO2. The standard InChI is InChI=1S/C13H19BrFNO2/c1-10(9-16-6-3-7-17-2)18-13-8-11(15)4-5-12(13)14/h4-5,8,10,16H,3,6-7,9H2,1-2H3.